The molecular weight excluding hydrogens is 292 g/mol. The molecule has 0 spiro atoms. The molecule has 0 bridgehead atoms. The molecule has 0 aliphatic rings. The van der Waals surface area contributed by atoms with Crippen LogP contribution in [-0.2, 0) is 0 Å². The number of ether oxygens (including phenoxy) is 2. The fraction of sp³-hybridized carbons (Fsp3) is 0.278. The predicted molar refractivity (Wildman–Crippen MR) is 91.3 cm³/mol. The van der Waals surface area contributed by atoms with Gasteiger partial charge in [-0.1, -0.05) is 23.8 Å². The van der Waals surface area contributed by atoms with Gasteiger partial charge in [0.2, 0.25) is 0 Å². The maximum atomic E-state index is 12.2. The van der Waals surface area contributed by atoms with E-state index in [-0.39, 0.29) is 12.1 Å². The molecule has 2 rings (SSSR count). The van der Waals surface area contributed by atoms with Crippen molar-refractivity contribution in [3.8, 4) is 11.5 Å². The quantitative estimate of drug-likeness (QED) is 0.880. The van der Waals surface area contributed by atoms with Crippen molar-refractivity contribution in [2.45, 2.75) is 19.9 Å². The molecule has 2 aromatic rings. The molecule has 0 aliphatic carbocycles. The Labute approximate surface area is 136 Å². The first-order valence-electron chi connectivity index (χ1n) is 7.39. The lowest BCUT2D eigenvalue weighted by atomic mass is 10.0. The van der Waals surface area contributed by atoms with E-state index in [0.29, 0.717) is 11.4 Å². The van der Waals surface area contributed by atoms with Gasteiger partial charge in [0.15, 0.2) is 0 Å². The van der Waals surface area contributed by atoms with E-state index in [2.05, 4.69) is 10.6 Å². The van der Waals surface area contributed by atoms with Crippen LogP contribution in [0.2, 0.25) is 0 Å². The van der Waals surface area contributed by atoms with Gasteiger partial charge in [0.25, 0.3) is 0 Å². The Hall–Kier alpha value is -2.69. The molecule has 122 valence electrons. The molecule has 0 fully saturated rings. The molecule has 2 aromatic carbocycles. The number of urea groups is 1. The molecule has 0 aliphatic heterocycles. The van der Waals surface area contributed by atoms with Gasteiger partial charge in [0, 0.05) is 17.3 Å². The monoisotopic (exact) mass is 314 g/mol. The number of aryl methyl sites for hydroxylation is 1. The van der Waals surface area contributed by atoms with Crippen molar-refractivity contribution in [2.24, 2.45) is 0 Å². The standard InChI is InChI=1S/C18H22N2O3/c1-12-8-9-17(23-4)16(10-12)13(2)19-18(21)20-14-6-5-7-15(11-14)22-3/h5-11,13H,1-4H3,(H2,19,20,21). The maximum Gasteiger partial charge on any atom is 0.319 e. The Morgan fingerprint density at radius 3 is 2.57 bits per heavy atom. The third-order valence-electron chi connectivity index (χ3n) is 3.53. The summed E-state index contributed by atoms with van der Waals surface area (Å²) < 4.78 is 10.5. The first-order valence-corrected chi connectivity index (χ1v) is 7.39. The largest absolute Gasteiger partial charge is 0.497 e. The molecule has 23 heavy (non-hydrogen) atoms. The molecule has 5 nitrogen and oxygen atoms in total. The predicted octanol–water partition coefficient (Wildman–Crippen LogP) is 3.89. The minimum atomic E-state index is -0.283. The number of rotatable bonds is 5. The summed E-state index contributed by atoms with van der Waals surface area (Å²) in [4.78, 5) is 12.2. The van der Waals surface area contributed by atoms with Gasteiger partial charge in [-0.15, -0.1) is 0 Å². The van der Waals surface area contributed by atoms with Gasteiger partial charge < -0.3 is 20.1 Å². The Balaban J connectivity index is 2.06. The van der Waals surface area contributed by atoms with Crippen LogP contribution in [-0.4, -0.2) is 20.3 Å². The van der Waals surface area contributed by atoms with Gasteiger partial charge in [-0.25, -0.2) is 4.79 Å². The van der Waals surface area contributed by atoms with E-state index in [9.17, 15) is 4.79 Å². The summed E-state index contributed by atoms with van der Waals surface area (Å²) in [6, 6.07) is 12.6. The normalized spacial score (nSPS) is 11.5. The van der Waals surface area contributed by atoms with Crippen molar-refractivity contribution in [3.63, 3.8) is 0 Å². The van der Waals surface area contributed by atoms with Gasteiger partial charge >= 0.3 is 6.03 Å². The maximum absolute atomic E-state index is 12.2. The van der Waals surface area contributed by atoms with Crippen molar-refractivity contribution >= 4 is 11.7 Å². The van der Waals surface area contributed by atoms with Crippen LogP contribution in [0.15, 0.2) is 42.5 Å². The third-order valence-corrected chi connectivity index (χ3v) is 3.53. The molecule has 0 aromatic heterocycles. The summed E-state index contributed by atoms with van der Waals surface area (Å²) in [5.74, 6) is 1.45. The molecule has 1 unspecified atom stereocenters. The van der Waals surface area contributed by atoms with Crippen LogP contribution in [0.4, 0.5) is 10.5 Å². The van der Waals surface area contributed by atoms with E-state index in [4.69, 9.17) is 9.47 Å². The van der Waals surface area contributed by atoms with Crippen LogP contribution in [0.5, 0.6) is 11.5 Å². The number of methoxy groups -OCH3 is 2. The fourth-order valence-corrected chi connectivity index (χ4v) is 2.33. The Kier molecular flexibility index (Phi) is 5.46. The smallest absolute Gasteiger partial charge is 0.319 e. The third kappa shape index (κ3) is 4.39. The summed E-state index contributed by atoms with van der Waals surface area (Å²) in [6.45, 7) is 3.93. The second-order valence-corrected chi connectivity index (χ2v) is 5.30. The molecule has 2 amide bonds. The highest BCUT2D eigenvalue weighted by atomic mass is 16.5. The summed E-state index contributed by atoms with van der Waals surface area (Å²) in [7, 11) is 3.21. The molecule has 0 saturated carbocycles. The molecule has 0 radical (unpaired) electrons. The van der Waals surface area contributed by atoms with Crippen molar-refractivity contribution in [3.05, 3.63) is 53.6 Å². The molecule has 0 heterocycles. The van der Waals surface area contributed by atoms with E-state index in [1.807, 2.05) is 44.2 Å². The summed E-state index contributed by atoms with van der Waals surface area (Å²) >= 11 is 0. The lowest BCUT2D eigenvalue weighted by Crippen LogP contribution is -2.31. The SMILES string of the molecule is COc1cccc(NC(=O)NC(C)c2cc(C)ccc2OC)c1. The molecule has 5 heteroatoms. The van der Waals surface area contributed by atoms with Crippen LogP contribution in [0.1, 0.15) is 24.1 Å². The number of anilines is 1. The first kappa shape index (κ1) is 16.7. The number of carbonyl (C=O) groups excluding carboxylic acids is 1. The topological polar surface area (TPSA) is 59.6 Å². The molecular formula is C18H22N2O3. The van der Waals surface area contributed by atoms with E-state index < -0.39 is 0 Å². The van der Waals surface area contributed by atoms with Gasteiger partial charge in [0.05, 0.1) is 20.3 Å². The van der Waals surface area contributed by atoms with Crippen LogP contribution in [0.25, 0.3) is 0 Å². The minimum absolute atomic E-state index is 0.185. The fourth-order valence-electron chi connectivity index (χ4n) is 2.33. The van der Waals surface area contributed by atoms with Crippen molar-refractivity contribution in [1.29, 1.82) is 0 Å². The lowest BCUT2D eigenvalue weighted by molar-refractivity contribution is 0.249. The Morgan fingerprint density at radius 2 is 1.87 bits per heavy atom. The number of hydrogen-bond acceptors (Lipinski definition) is 3. The Bertz CT molecular complexity index is 686. The van der Waals surface area contributed by atoms with Gasteiger partial charge in [-0.3, -0.25) is 0 Å². The molecule has 2 N–H and O–H groups in total. The highest BCUT2D eigenvalue weighted by Crippen LogP contribution is 2.26. The molecule has 0 saturated heterocycles. The number of hydrogen-bond donors (Lipinski definition) is 2. The van der Waals surface area contributed by atoms with E-state index in [1.165, 1.54) is 0 Å². The number of carbonyl (C=O) groups is 1. The first-order chi connectivity index (χ1) is 11.0. The van der Waals surface area contributed by atoms with Gasteiger partial charge in [-0.2, -0.15) is 0 Å². The van der Waals surface area contributed by atoms with E-state index in [0.717, 1.165) is 16.9 Å². The number of nitrogens with one attached hydrogen (secondary N) is 2. The summed E-state index contributed by atoms with van der Waals surface area (Å²) in [5, 5.41) is 5.71. The number of amides is 2. The van der Waals surface area contributed by atoms with Crippen molar-refractivity contribution in [2.75, 3.05) is 19.5 Å². The van der Waals surface area contributed by atoms with E-state index >= 15 is 0 Å². The zero-order valence-electron chi connectivity index (χ0n) is 13.8. The molecule has 1 atom stereocenters. The average Bonchev–Trinajstić information content (AvgIpc) is 2.54. The summed E-state index contributed by atoms with van der Waals surface area (Å²) in [6.07, 6.45) is 0. The van der Waals surface area contributed by atoms with Crippen LogP contribution in [0, 0.1) is 6.92 Å². The van der Waals surface area contributed by atoms with E-state index in [1.54, 1.807) is 26.4 Å². The van der Waals surface area contributed by atoms with Crippen molar-refractivity contribution in [1.82, 2.24) is 5.32 Å². The lowest BCUT2D eigenvalue weighted by Gasteiger charge is -2.18. The van der Waals surface area contributed by atoms with Gasteiger partial charge in [0.1, 0.15) is 11.5 Å². The van der Waals surface area contributed by atoms with Crippen molar-refractivity contribution < 1.29 is 14.3 Å². The second kappa shape index (κ2) is 7.54. The average molecular weight is 314 g/mol. The number of benzene rings is 2. The zero-order valence-corrected chi connectivity index (χ0v) is 13.8. The van der Waals surface area contributed by atoms with Gasteiger partial charge in [-0.05, 0) is 32.0 Å². The minimum Gasteiger partial charge on any atom is -0.497 e. The van der Waals surface area contributed by atoms with Crippen LogP contribution in [0.3, 0.4) is 0 Å². The van der Waals surface area contributed by atoms with Crippen LogP contribution >= 0.6 is 0 Å². The Morgan fingerprint density at radius 1 is 1.09 bits per heavy atom. The van der Waals surface area contributed by atoms with Crippen LogP contribution < -0.4 is 20.1 Å². The zero-order chi connectivity index (χ0) is 16.8. The highest BCUT2D eigenvalue weighted by Gasteiger charge is 2.14. The summed E-state index contributed by atoms with van der Waals surface area (Å²) in [5.41, 5.74) is 2.72. The highest BCUT2D eigenvalue weighted by molar-refractivity contribution is 5.89. The second-order valence-electron chi connectivity index (χ2n) is 5.30.